The first kappa shape index (κ1) is 24.3. The number of aliphatic hydroxyl groups excluding tert-OH is 1. The number of methoxy groups -OCH3 is 2. The van der Waals surface area contributed by atoms with Crippen molar-refractivity contribution in [1.82, 2.24) is 14.5 Å². The number of aliphatic hydroxyl groups is 1. The molecule has 1 atom stereocenters. The van der Waals surface area contributed by atoms with Gasteiger partial charge in [-0.05, 0) is 41.5 Å². The highest BCUT2D eigenvalue weighted by atomic mass is 32.2. The Kier molecular flexibility index (Phi) is 7.56. The highest BCUT2D eigenvalue weighted by Gasteiger charge is 2.22. The lowest BCUT2D eigenvalue weighted by atomic mass is 10.0. The zero-order valence-corrected chi connectivity index (χ0v) is 21.1. The molecule has 1 unspecified atom stereocenters. The van der Waals surface area contributed by atoms with Gasteiger partial charge in [-0.1, -0.05) is 44.2 Å². The quantitative estimate of drug-likeness (QED) is 0.313. The molecule has 0 aliphatic carbocycles. The maximum atomic E-state index is 11.2. The number of nitrogens with zero attached hydrogens (tertiary/aromatic N) is 3. The summed E-state index contributed by atoms with van der Waals surface area (Å²) in [5.74, 6) is 1.97. The van der Waals surface area contributed by atoms with E-state index in [1.165, 1.54) is 17.3 Å². The lowest BCUT2D eigenvalue weighted by Gasteiger charge is -2.16. The highest BCUT2D eigenvalue weighted by Crippen LogP contribution is 2.37. The first-order valence-corrected chi connectivity index (χ1v) is 12.5. The van der Waals surface area contributed by atoms with Crippen molar-refractivity contribution >= 4 is 22.8 Å². The Balaban J connectivity index is 1.87. The summed E-state index contributed by atoms with van der Waals surface area (Å²) in [6.07, 6.45) is 2.85. The summed E-state index contributed by atoms with van der Waals surface area (Å²) in [5, 5.41) is 12.0. The summed E-state index contributed by atoms with van der Waals surface area (Å²) in [7, 11) is 3.34. The van der Waals surface area contributed by atoms with Gasteiger partial charge in [0.15, 0.2) is 0 Å². The van der Waals surface area contributed by atoms with Crippen LogP contribution < -0.4 is 4.74 Å². The molecule has 178 valence electrons. The van der Waals surface area contributed by atoms with Crippen molar-refractivity contribution in [2.24, 2.45) is 0 Å². The molecule has 2 aromatic carbocycles. The number of imidazole rings is 1. The average molecular weight is 478 g/mol. The van der Waals surface area contributed by atoms with Crippen molar-refractivity contribution in [3.05, 3.63) is 71.4 Å². The third-order valence-electron chi connectivity index (χ3n) is 6.01. The van der Waals surface area contributed by atoms with Crippen molar-refractivity contribution in [3.63, 3.8) is 0 Å². The van der Waals surface area contributed by atoms with E-state index in [4.69, 9.17) is 14.5 Å². The number of hydrogen-bond acceptors (Lipinski definition) is 6. The van der Waals surface area contributed by atoms with Crippen LogP contribution in [0.25, 0.3) is 22.4 Å². The number of benzene rings is 2. The van der Waals surface area contributed by atoms with Crippen LogP contribution >= 0.6 is 11.8 Å². The molecule has 0 aliphatic rings. The minimum absolute atomic E-state index is 0.462. The van der Waals surface area contributed by atoms with Crippen LogP contribution in [0.5, 0.6) is 5.75 Å². The van der Waals surface area contributed by atoms with E-state index >= 15 is 0 Å². The van der Waals surface area contributed by atoms with Gasteiger partial charge in [0.1, 0.15) is 28.2 Å². The first-order valence-electron chi connectivity index (χ1n) is 11.3. The molecule has 6 nitrogen and oxygen atoms in total. The van der Waals surface area contributed by atoms with Gasteiger partial charge in [0.25, 0.3) is 0 Å². The lowest BCUT2D eigenvalue weighted by molar-refractivity contribution is 0.188. The molecule has 4 aromatic rings. The van der Waals surface area contributed by atoms with E-state index in [9.17, 15) is 5.11 Å². The molecule has 34 heavy (non-hydrogen) atoms. The molecule has 0 spiro atoms. The molecule has 4 rings (SSSR count). The van der Waals surface area contributed by atoms with Crippen molar-refractivity contribution in [2.75, 3.05) is 27.1 Å². The Bertz CT molecular complexity index is 1270. The third kappa shape index (κ3) is 4.69. The number of hydrogen-bond donors (Lipinski definition) is 1. The van der Waals surface area contributed by atoms with Gasteiger partial charge < -0.3 is 19.1 Å². The largest absolute Gasteiger partial charge is 0.494 e. The fourth-order valence-electron chi connectivity index (χ4n) is 4.16. The summed E-state index contributed by atoms with van der Waals surface area (Å²) >= 11 is 1.51. The van der Waals surface area contributed by atoms with Crippen LogP contribution in [0.15, 0.2) is 59.8 Å². The van der Waals surface area contributed by atoms with E-state index in [1.54, 1.807) is 20.4 Å². The van der Waals surface area contributed by atoms with Gasteiger partial charge in [0, 0.05) is 31.0 Å². The van der Waals surface area contributed by atoms with E-state index in [0.717, 1.165) is 33.0 Å². The molecule has 1 N–H and O–H groups in total. The topological polar surface area (TPSA) is 69.4 Å². The molecule has 0 saturated carbocycles. The average Bonchev–Trinajstić information content (AvgIpc) is 3.24. The Labute approximate surface area is 205 Å². The van der Waals surface area contributed by atoms with Gasteiger partial charge in [0.05, 0.1) is 19.2 Å². The predicted octanol–water partition coefficient (Wildman–Crippen LogP) is 5.68. The molecule has 0 bridgehead atoms. The van der Waals surface area contributed by atoms with Crippen LogP contribution in [0.4, 0.5) is 0 Å². The van der Waals surface area contributed by atoms with Crippen LogP contribution in [0.1, 0.15) is 42.6 Å². The Morgan fingerprint density at radius 1 is 1.06 bits per heavy atom. The third-order valence-corrected chi connectivity index (χ3v) is 6.74. The van der Waals surface area contributed by atoms with Gasteiger partial charge in [0.2, 0.25) is 0 Å². The zero-order valence-electron chi connectivity index (χ0n) is 20.3. The summed E-state index contributed by atoms with van der Waals surface area (Å²) in [6, 6.07) is 16.1. The summed E-state index contributed by atoms with van der Waals surface area (Å²) in [5.41, 5.74) is 5.44. The van der Waals surface area contributed by atoms with E-state index in [0.29, 0.717) is 30.4 Å². The van der Waals surface area contributed by atoms with Crippen molar-refractivity contribution < 1.29 is 14.6 Å². The van der Waals surface area contributed by atoms with Gasteiger partial charge in [-0.25, -0.2) is 9.97 Å². The SMILES string of the molecule is COCCn1c(-c2ccc(C(C)C)cc2)nc2cc(C(O)c3cccnc3SC)cc(OC)c21. The van der Waals surface area contributed by atoms with Crippen LogP contribution in [0, 0.1) is 0 Å². The van der Waals surface area contributed by atoms with Gasteiger partial charge >= 0.3 is 0 Å². The summed E-state index contributed by atoms with van der Waals surface area (Å²) < 4.78 is 13.3. The molecule has 2 aromatic heterocycles. The second-order valence-corrected chi connectivity index (χ2v) is 9.25. The number of fused-ring (bicyclic) bond motifs is 1. The Hall–Kier alpha value is -2.87. The fourth-order valence-corrected chi connectivity index (χ4v) is 4.75. The minimum atomic E-state index is -0.840. The Morgan fingerprint density at radius 2 is 1.82 bits per heavy atom. The summed E-state index contributed by atoms with van der Waals surface area (Å²) in [4.78, 5) is 9.39. The molecular formula is C27H31N3O3S. The summed E-state index contributed by atoms with van der Waals surface area (Å²) in [6.45, 7) is 5.55. The second-order valence-electron chi connectivity index (χ2n) is 8.45. The van der Waals surface area contributed by atoms with Gasteiger partial charge in [-0.15, -0.1) is 11.8 Å². The lowest BCUT2D eigenvalue weighted by Crippen LogP contribution is -2.07. The van der Waals surface area contributed by atoms with E-state index in [-0.39, 0.29) is 0 Å². The van der Waals surface area contributed by atoms with Crippen LogP contribution in [-0.4, -0.2) is 46.7 Å². The highest BCUT2D eigenvalue weighted by molar-refractivity contribution is 7.98. The van der Waals surface area contributed by atoms with Gasteiger partial charge in [-0.2, -0.15) is 0 Å². The molecule has 0 saturated heterocycles. The predicted molar refractivity (Wildman–Crippen MR) is 138 cm³/mol. The monoisotopic (exact) mass is 477 g/mol. The van der Waals surface area contributed by atoms with Gasteiger partial charge in [-0.3, -0.25) is 0 Å². The number of pyridine rings is 1. The van der Waals surface area contributed by atoms with E-state index in [2.05, 4.69) is 47.7 Å². The molecule has 0 radical (unpaired) electrons. The van der Waals surface area contributed by atoms with Crippen LogP contribution in [0.3, 0.4) is 0 Å². The molecule has 7 heteroatoms. The molecular weight excluding hydrogens is 446 g/mol. The Morgan fingerprint density at radius 3 is 2.47 bits per heavy atom. The first-order chi connectivity index (χ1) is 16.5. The number of aromatic nitrogens is 3. The maximum absolute atomic E-state index is 11.2. The number of rotatable bonds is 9. The van der Waals surface area contributed by atoms with Crippen LogP contribution in [0.2, 0.25) is 0 Å². The van der Waals surface area contributed by atoms with E-state index < -0.39 is 6.10 Å². The number of ether oxygens (including phenoxy) is 2. The molecule has 0 fully saturated rings. The van der Waals surface area contributed by atoms with Crippen molar-refractivity contribution in [1.29, 1.82) is 0 Å². The fraction of sp³-hybridized carbons (Fsp3) is 0.333. The maximum Gasteiger partial charge on any atom is 0.145 e. The van der Waals surface area contributed by atoms with Crippen molar-refractivity contribution in [3.8, 4) is 17.1 Å². The minimum Gasteiger partial charge on any atom is -0.494 e. The molecule has 0 amide bonds. The van der Waals surface area contributed by atoms with Crippen LogP contribution in [-0.2, 0) is 11.3 Å². The normalized spacial score (nSPS) is 12.4. The zero-order chi connectivity index (χ0) is 24.2. The second kappa shape index (κ2) is 10.6. The van der Waals surface area contributed by atoms with Crippen molar-refractivity contribution in [2.45, 2.75) is 37.4 Å². The molecule has 0 aliphatic heterocycles. The standard InChI is InChI=1S/C27H31N3O3S/c1-17(2)18-8-10-19(11-9-18)26-29-22-15-20(25(31)21-7-6-12-28-27(21)34-5)16-23(33-4)24(22)30(26)13-14-32-3/h6-12,15-17,25,31H,13-14H2,1-5H3. The smallest absolute Gasteiger partial charge is 0.145 e. The number of thioether (sulfide) groups is 1. The van der Waals surface area contributed by atoms with E-state index in [1.807, 2.05) is 30.5 Å². The molecule has 2 heterocycles.